The maximum Gasteiger partial charge on any atom is 0.251 e. The zero-order valence-electron chi connectivity index (χ0n) is 32.4. The summed E-state index contributed by atoms with van der Waals surface area (Å²) in [6.45, 7) is 0.799. The number of benzene rings is 4. The Balaban J connectivity index is 1.42. The third-order valence-corrected chi connectivity index (χ3v) is 9.49. The quantitative estimate of drug-likeness (QED) is 0.0710. The van der Waals surface area contributed by atoms with Crippen LogP contribution in [-0.2, 0) is 35.1 Å². The highest BCUT2D eigenvalue weighted by molar-refractivity contribution is 6.05. The van der Waals surface area contributed by atoms with E-state index < -0.39 is 53.7 Å². The maximum atomic E-state index is 14.2. The number of aliphatic imine (C=N–C) groups is 1. The predicted octanol–water partition coefficient (Wildman–Crippen LogP) is 2.54. The van der Waals surface area contributed by atoms with Gasteiger partial charge in [0.25, 0.3) is 5.91 Å². The van der Waals surface area contributed by atoms with Crippen molar-refractivity contribution in [1.29, 1.82) is 0 Å². The van der Waals surface area contributed by atoms with Crippen molar-refractivity contribution in [3.05, 3.63) is 114 Å². The number of rotatable bonds is 10. The zero-order chi connectivity index (χ0) is 41.1. The molecule has 0 spiro atoms. The van der Waals surface area contributed by atoms with E-state index >= 15 is 0 Å². The van der Waals surface area contributed by atoms with Crippen LogP contribution in [0.5, 0.6) is 0 Å². The smallest absolute Gasteiger partial charge is 0.251 e. The molecule has 15 nitrogen and oxygen atoms in total. The van der Waals surface area contributed by atoms with Gasteiger partial charge in [0.05, 0.1) is 6.61 Å². The average Bonchev–Trinajstić information content (AvgIpc) is 3.23. The van der Waals surface area contributed by atoms with E-state index in [4.69, 9.17) is 20.9 Å². The summed E-state index contributed by atoms with van der Waals surface area (Å²) in [6.07, 6.45) is 1.80. The number of amides is 5. The summed E-state index contributed by atoms with van der Waals surface area (Å²) in [5.41, 5.74) is 12.7. The minimum atomic E-state index is -1.18. The van der Waals surface area contributed by atoms with Gasteiger partial charge in [-0.25, -0.2) is 0 Å². The standard InChI is InChI=1S/C43H52N8O7/c44-43(45)46-23-12-21-34-39(53)49-35(40(54)47-33-20-11-18-30-15-7-8-19-32(30)33)22-26-57-24-9-10-25-58-28-37(51-38(52)31-16-5-2-6-17-31)42(56)50-36(41(55)48-34)27-29-13-3-1-4-14-29/h1-8,11,13-20,34-37H,9-10,12,21-28H2,(H,47,54)(H,48,55)(H,49,53)(H,50,56)(H,51,52)(H4,44,45,46). The molecule has 5 rings (SSSR count). The van der Waals surface area contributed by atoms with Gasteiger partial charge >= 0.3 is 0 Å². The SMILES string of the molecule is NC(N)=NCCCC1NC(=O)C(Cc2ccccc2)NC(=O)C(NC(=O)c2ccccc2)COCCCCOCCC(C(=O)Nc2cccc3ccccc23)NC1=O. The van der Waals surface area contributed by atoms with Crippen LogP contribution in [0.15, 0.2) is 108 Å². The molecular weight excluding hydrogens is 741 g/mol. The number of fused-ring (bicyclic) bond motifs is 1. The van der Waals surface area contributed by atoms with Gasteiger partial charge in [-0.2, -0.15) is 0 Å². The summed E-state index contributed by atoms with van der Waals surface area (Å²) in [4.78, 5) is 73.5. The van der Waals surface area contributed by atoms with Gasteiger partial charge in [-0.3, -0.25) is 29.0 Å². The highest BCUT2D eigenvalue weighted by Crippen LogP contribution is 2.23. The van der Waals surface area contributed by atoms with Gasteiger partial charge in [0, 0.05) is 49.4 Å². The fourth-order valence-corrected chi connectivity index (χ4v) is 6.40. The normalized spacial score (nSPS) is 20.2. The van der Waals surface area contributed by atoms with Crippen LogP contribution in [0.2, 0.25) is 0 Å². The fourth-order valence-electron chi connectivity index (χ4n) is 6.40. The number of guanidine groups is 1. The van der Waals surface area contributed by atoms with Crippen LogP contribution in [0.1, 0.15) is 48.0 Å². The Hall–Kier alpha value is -6.32. The lowest BCUT2D eigenvalue weighted by molar-refractivity contribution is -0.134. The Kier molecular flexibility index (Phi) is 16.6. The molecule has 306 valence electrons. The second kappa shape index (κ2) is 22.4. The highest BCUT2D eigenvalue weighted by Gasteiger charge is 2.32. The maximum absolute atomic E-state index is 14.2. The second-order valence-corrected chi connectivity index (χ2v) is 13.9. The molecule has 1 heterocycles. The molecule has 15 heteroatoms. The molecule has 4 aromatic rings. The van der Waals surface area contributed by atoms with Crippen LogP contribution in [0.25, 0.3) is 10.8 Å². The number of anilines is 1. The van der Waals surface area contributed by atoms with Crippen LogP contribution in [0, 0.1) is 0 Å². The molecule has 0 aromatic heterocycles. The van der Waals surface area contributed by atoms with Crippen molar-refractivity contribution in [3.63, 3.8) is 0 Å². The van der Waals surface area contributed by atoms with Gasteiger partial charge in [0.15, 0.2) is 5.96 Å². The molecular formula is C43H52N8O7. The van der Waals surface area contributed by atoms with E-state index in [0.717, 1.165) is 16.3 Å². The van der Waals surface area contributed by atoms with Gasteiger partial charge in [-0.15, -0.1) is 0 Å². The minimum Gasteiger partial charge on any atom is -0.381 e. The predicted molar refractivity (Wildman–Crippen MR) is 222 cm³/mol. The number of nitrogens with two attached hydrogens (primary N) is 2. The van der Waals surface area contributed by atoms with E-state index in [0.29, 0.717) is 37.1 Å². The van der Waals surface area contributed by atoms with Gasteiger partial charge in [0.2, 0.25) is 23.6 Å². The Labute approximate surface area is 337 Å². The van der Waals surface area contributed by atoms with Gasteiger partial charge < -0.3 is 47.5 Å². The molecule has 1 aliphatic rings. The van der Waals surface area contributed by atoms with Gasteiger partial charge in [-0.1, -0.05) is 84.9 Å². The van der Waals surface area contributed by atoms with Crippen molar-refractivity contribution < 1.29 is 33.4 Å². The summed E-state index contributed by atoms with van der Waals surface area (Å²) in [5, 5.41) is 16.0. The van der Waals surface area contributed by atoms with Crippen molar-refractivity contribution in [1.82, 2.24) is 21.3 Å². The van der Waals surface area contributed by atoms with Crippen LogP contribution < -0.4 is 38.1 Å². The number of nitrogens with zero attached hydrogens (tertiary/aromatic N) is 1. The summed E-state index contributed by atoms with van der Waals surface area (Å²) >= 11 is 0. The second-order valence-electron chi connectivity index (χ2n) is 13.9. The number of hydrogen-bond acceptors (Lipinski definition) is 8. The molecule has 0 radical (unpaired) electrons. The first-order valence-corrected chi connectivity index (χ1v) is 19.5. The van der Waals surface area contributed by atoms with Gasteiger partial charge in [0.1, 0.15) is 24.2 Å². The van der Waals surface area contributed by atoms with Crippen molar-refractivity contribution in [2.75, 3.05) is 38.3 Å². The summed E-state index contributed by atoms with van der Waals surface area (Å²) in [5.74, 6) is -3.01. The number of carbonyl (C=O) groups excluding carboxylic acids is 5. The summed E-state index contributed by atoms with van der Waals surface area (Å²) in [6, 6.07) is 26.2. The lowest BCUT2D eigenvalue weighted by atomic mass is 10.0. The number of nitrogens with one attached hydrogen (secondary N) is 5. The molecule has 5 amide bonds. The number of carbonyl (C=O) groups is 5. The highest BCUT2D eigenvalue weighted by atomic mass is 16.5. The van der Waals surface area contributed by atoms with Crippen LogP contribution in [0.4, 0.5) is 5.69 Å². The van der Waals surface area contributed by atoms with E-state index in [1.807, 2.05) is 66.7 Å². The molecule has 58 heavy (non-hydrogen) atoms. The zero-order valence-corrected chi connectivity index (χ0v) is 32.4. The van der Waals surface area contributed by atoms with Crippen molar-refractivity contribution >= 4 is 52.0 Å². The average molecular weight is 793 g/mol. The molecule has 0 bridgehead atoms. The summed E-state index contributed by atoms with van der Waals surface area (Å²) < 4.78 is 11.7. The van der Waals surface area contributed by atoms with Crippen LogP contribution in [-0.4, -0.2) is 92.6 Å². The molecule has 0 saturated carbocycles. The summed E-state index contributed by atoms with van der Waals surface area (Å²) in [7, 11) is 0. The van der Waals surface area contributed by atoms with Crippen molar-refractivity contribution in [3.8, 4) is 0 Å². The monoisotopic (exact) mass is 792 g/mol. The van der Waals surface area contributed by atoms with Crippen LogP contribution >= 0.6 is 0 Å². The third-order valence-electron chi connectivity index (χ3n) is 9.49. The van der Waals surface area contributed by atoms with E-state index in [9.17, 15) is 24.0 Å². The first-order valence-electron chi connectivity index (χ1n) is 19.5. The van der Waals surface area contributed by atoms with Gasteiger partial charge in [-0.05, 0) is 61.3 Å². The molecule has 4 aromatic carbocycles. The molecule has 4 atom stereocenters. The number of hydrogen-bond donors (Lipinski definition) is 7. The Morgan fingerprint density at radius 3 is 2.14 bits per heavy atom. The lowest BCUT2D eigenvalue weighted by Crippen LogP contribution is -2.59. The molecule has 1 aliphatic heterocycles. The molecule has 4 unspecified atom stereocenters. The van der Waals surface area contributed by atoms with E-state index in [1.54, 1.807) is 36.4 Å². The van der Waals surface area contributed by atoms with Crippen LogP contribution in [0.3, 0.4) is 0 Å². The third kappa shape index (κ3) is 13.4. The molecule has 9 N–H and O–H groups in total. The largest absolute Gasteiger partial charge is 0.381 e. The first-order chi connectivity index (χ1) is 28.2. The Morgan fingerprint density at radius 1 is 0.724 bits per heavy atom. The Morgan fingerprint density at radius 2 is 1.38 bits per heavy atom. The lowest BCUT2D eigenvalue weighted by Gasteiger charge is -2.27. The molecule has 0 aliphatic carbocycles. The first kappa shape index (κ1) is 42.8. The van der Waals surface area contributed by atoms with Crippen molar-refractivity contribution in [2.24, 2.45) is 16.5 Å². The van der Waals surface area contributed by atoms with Crippen molar-refractivity contribution in [2.45, 2.75) is 62.7 Å². The fraction of sp³-hybridized carbons (Fsp3) is 0.349. The topological polar surface area (TPSA) is 228 Å². The van der Waals surface area contributed by atoms with E-state index in [-0.39, 0.29) is 51.6 Å². The molecule has 1 fully saturated rings. The Bertz CT molecular complexity index is 2000. The number of ether oxygens (including phenoxy) is 2. The van der Waals surface area contributed by atoms with E-state index in [1.165, 1.54) is 0 Å². The molecule has 1 saturated heterocycles. The van der Waals surface area contributed by atoms with E-state index in [2.05, 4.69) is 31.6 Å². The minimum absolute atomic E-state index is 0.0639.